The predicted octanol–water partition coefficient (Wildman–Crippen LogP) is 1.37. The Morgan fingerprint density at radius 3 is 2.84 bits per heavy atom. The van der Waals surface area contributed by atoms with Crippen LogP contribution in [0.15, 0.2) is 16.9 Å². The zero-order valence-corrected chi connectivity index (χ0v) is 12.7. The molecule has 2 aliphatic heterocycles. The van der Waals surface area contributed by atoms with Crippen molar-refractivity contribution in [2.24, 2.45) is 5.92 Å². The fraction of sp³-hybridized carbons (Fsp3) is 0.692. The normalized spacial score (nSPS) is 24.7. The molecule has 1 unspecified atom stereocenters. The summed E-state index contributed by atoms with van der Waals surface area (Å²) in [6.07, 6.45) is 5.02. The molecule has 2 aliphatic rings. The van der Waals surface area contributed by atoms with E-state index in [1.807, 2.05) is 22.0 Å². The van der Waals surface area contributed by atoms with Crippen molar-refractivity contribution in [2.45, 2.75) is 19.4 Å². The first kappa shape index (κ1) is 13.1. The fourth-order valence-corrected chi connectivity index (χ4v) is 3.31. The van der Waals surface area contributed by atoms with E-state index in [9.17, 15) is 4.79 Å². The Kier molecular flexibility index (Phi) is 3.62. The quantitative estimate of drug-likeness (QED) is 0.842. The van der Waals surface area contributed by atoms with Crippen molar-refractivity contribution in [3.63, 3.8) is 0 Å². The Hall–Kier alpha value is -0.880. The summed E-state index contributed by atoms with van der Waals surface area (Å²) < 4.78 is 3.08. The monoisotopic (exact) mass is 326 g/mol. The summed E-state index contributed by atoms with van der Waals surface area (Å²) in [7, 11) is 0. The number of carbonyl (C=O) groups is 1. The molecule has 0 radical (unpaired) electrons. The average molecular weight is 327 g/mol. The molecule has 0 saturated carbocycles. The topological polar surface area (TPSA) is 41.4 Å². The Morgan fingerprint density at radius 2 is 2.26 bits per heavy atom. The molecule has 3 heterocycles. The van der Waals surface area contributed by atoms with E-state index in [1.165, 1.54) is 0 Å². The third kappa shape index (κ3) is 2.84. The summed E-state index contributed by atoms with van der Waals surface area (Å²) >= 11 is 3.43. The average Bonchev–Trinajstić information content (AvgIpc) is 2.91. The van der Waals surface area contributed by atoms with Crippen LogP contribution in [-0.2, 0) is 4.79 Å². The summed E-state index contributed by atoms with van der Waals surface area (Å²) in [6, 6.07) is 0.511. The molecule has 0 bridgehead atoms. The fourth-order valence-electron chi connectivity index (χ4n) is 3.01. The standard InChI is InChI=1S/C13H19BrN4O/c1-10(19)17-3-2-11(6-17)5-16-8-13(9-16)18-7-12(14)4-15-18/h4,7,11,13H,2-3,5-6,8-9H2,1H3. The van der Waals surface area contributed by atoms with E-state index < -0.39 is 0 Å². The number of likely N-dealkylation sites (tertiary alicyclic amines) is 2. The lowest BCUT2D eigenvalue weighted by molar-refractivity contribution is -0.127. The van der Waals surface area contributed by atoms with Crippen LogP contribution in [-0.4, -0.2) is 58.2 Å². The number of hydrogen-bond acceptors (Lipinski definition) is 3. The highest BCUT2D eigenvalue weighted by Gasteiger charge is 2.32. The molecule has 1 aromatic heterocycles. The predicted molar refractivity (Wildman–Crippen MR) is 75.8 cm³/mol. The van der Waals surface area contributed by atoms with Gasteiger partial charge in [-0.2, -0.15) is 5.10 Å². The van der Waals surface area contributed by atoms with E-state index in [0.29, 0.717) is 12.0 Å². The molecule has 1 atom stereocenters. The summed E-state index contributed by atoms with van der Waals surface area (Å²) in [5.41, 5.74) is 0. The van der Waals surface area contributed by atoms with Gasteiger partial charge in [0.25, 0.3) is 0 Å². The van der Waals surface area contributed by atoms with E-state index in [-0.39, 0.29) is 5.91 Å². The molecule has 5 nitrogen and oxygen atoms in total. The molecule has 0 spiro atoms. The third-order valence-electron chi connectivity index (χ3n) is 4.13. The number of nitrogens with zero attached hydrogens (tertiary/aromatic N) is 4. The minimum absolute atomic E-state index is 0.213. The summed E-state index contributed by atoms with van der Waals surface area (Å²) in [5, 5.41) is 4.33. The van der Waals surface area contributed by atoms with Crippen molar-refractivity contribution < 1.29 is 4.79 Å². The molecular weight excluding hydrogens is 308 g/mol. The number of aromatic nitrogens is 2. The number of hydrogen-bond donors (Lipinski definition) is 0. The molecule has 0 aliphatic carbocycles. The zero-order valence-electron chi connectivity index (χ0n) is 11.1. The van der Waals surface area contributed by atoms with E-state index in [4.69, 9.17) is 0 Å². The molecule has 3 rings (SSSR count). The molecule has 1 aromatic rings. The summed E-state index contributed by atoms with van der Waals surface area (Å²) in [4.78, 5) is 15.7. The first-order chi connectivity index (χ1) is 9.11. The van der Waals surface area contributed by atoms with Gasteiger partial charge >= 0.3 is 0 Å². The van der Waals surface area contributed by atoms with Crippen molar-refractivity contribution in [1.82, 2.24) is 19.6 Å². The van der Waals surface area contributed by atoms with Crippen molar-refractivity contribution >= 4 is 21.8 Å². The summed E-state index contributed by atoms with van der Waals surface area (Å²) in [5.74, 6) is 0.861. The Labute approximate surface area is 121 Å². The smallest absolute Gasteiger partial charge is 0.219 e. The van der Waals surface area contributed by atoms with Crippen LogP contribution in [0, 0.1) is 5.92 Å². The van der Waals surface area contributed by atoms with Gasteiger partial charge in [0.1, 0.15) is 0 Å². The van der Waals surface area contributed by atoms with Gasteiger partial charge in [0.2, 0.25) is 5.91 Å². The number of halogens is 1. The molecule has 104 valence electrons. The van der Waals surface area contributed by atoms with Gasteiger partial charge < -0.3 is 4.90 Å². The van der Waals surface area contributed by atoms with E-state index in [0.717, 1.165) is 43.6 Å². The highest BCUT2D eigenvalue weighted by molar-refractivity contribution is 9.10. The molecule has 0 aromatic carbocycles. The number of carbonyl (C=O) groups excluding carboxylic acids is 1. The van der Waals surface area contributed by atoms with Crippen LogP contribution in [0.5, 0.6) is 0 Å². The van der Waals surface area contributed by atoms with Crippen LogP contribution in [0.3, 0.4) is 0 Å². The van der Waals surface area contributed by atoms with Gasteiger partial charge in [-0.1, -0.05) is 0 Å². The summed E-state index contributed by atoms with van der Waals surface area (Å²) in [6.45, 7) is 6.79. The maximum atomic E-state index is 11.3. The van der Waals surface area contributed by atoms with Crippen molar-refractivity contribution in [2.75, 3.05) is 32.7 Å². The minimum atomic E-state index is 0.213. The lowest BCUT2D eigenvalue weighted by Crippen LogP contribution is -2.49. The van der Waals surface area contributed by atoms with Crippen LogP contribution < -0.4 is 0 Å². The Balaban J connectivity index is 1.44. The minimum Gasteiger partial charge on any atom is -0.343 e. The van der Waals surface area contributed by atoms with Gasteiger partial charge in [0.15, 0.2) is 0 Å². The first-order valence-corrected chi connectivity index (χ1v) is 7.58. The van der Waals surface area contributed by atoms with Crippen LogP contribution >= 0.6 is 15.9 Å². The lowest BCUT2D eigenvalue weighted by atomic mass is 10.0. The van der Waals surface area contributed by atoms with Crippen LogP contribution in [0.25, 0.3) is 0 Å². The number of amides is 1. The molecule has 0 N–H and O–H groups in total. The second-order valence-corrected chi connectivity index (χ2v) is 6.55. The molecule has 2 saturated heterocycles. The first-order valence-electron chi connectivity index (χ1n) is 6.79. The highest BCUT2D eigenvalue weighted by atomic mass is 79.9. The second kappa shape index (κ2) is 5.25. The maximum absolute atomic E-state index is 11.3. The van der Waals surface area contributed by atoms with Gasteiger partial charge in [-0.3, -0.25) is 14.4 Å². The highest BCUT2D eigenvalue weighted by Crippen LogP contribution is 2.25. The molecular formula is C13H19BrN4O. The van der Waals surface area contributed by atoms with E-state index >= 15 is 0 Å². The van der Waals surface area contributed by atoms with E-state index in [1.54, 1.807) is 6.92 Å². The molecule has 2 fully saturated rings. The van der Waals surface area contributed by atoms with Gasteiger partial charge in [-0.15, -0.1) is 0 Å². The molecule has 6 heteroatoms. The van der Waals surface area contributed by atoms with Gasteiger partial charge in [0, 0.05) is 45.8 Å². The van der Waals surface area contributed by atoms with Gasteiger partial charge in [0.05, 0.1) is 16.7 Å². The van der Waals surface area contributed by atoms with Crippen LogP contribution in [0.1, 0.15) is 19.4 Å². The zero-order chi connectivity index (χ0) is 13.4. The SMILES string of the molecule is CC(=O)N1CCC(CN2CC(n3cc(Br)cn3)C2)C1. The largest absolute Gasteiger partial charge is 0.343 e. The van der Waals surface area contributed by atoms with E-state index in [2.05, 4.69) is 25.9 Å². The maximum Gasteiger partial charge on any atom is 0.219 e. The Bertz CT molecular complexity index is 469. The Morgan fingerprint density at radius 1 is 1.47 bits per heavy atom. The lowest BCUT2D eigenvalue weighted by Gasteiger charge is -2.40. The molecule has 1 amide bonds. The second-order valence-electron chi connectivity index (χ2n) is 5.63. The van der Waals surface area contributed by atoms with Crippen molar-refractivity contribution in [3.8, 4) is 0 Å². The van der Waals surface area contributed by atoms with Crippen molar-refractivity contribution in [1.29, 1.82) is 0 Å². The number of rotatable bonds is 3. The molecule has 19 heavy (non-hydrogen) atoms. The van der Waals surface area contributed by atoms with Crippen molar-refractivity contribution in [3.05, 3.63) is 16.9 Å². The third-order valence-corrected chi connectivity index (χ3v) is 4.54. The van der Waals surface area contributed by atoms with Gasteiger partial charge in [-0.05, 0) is 28.3 Å². The van der Waals surface area contributed by atoms with Crippen LogP contribution in [0.4, 0.5) is 0 Å². The van der Waals surface area contributed by atoms with Gasteiger partial charge in [-0.25, -0.2) is 0 Å². The van der Waals surface area contributed by atoms with Crippen LogP contribution in [0.2, 0.25) is 0 Å².